The topological polar surface area (TPSA) is 63.2 Å². The van der Waals surface area contributed by atoms with Gasteiger partial charge in [-0.15, -0.1) is 0 Å². The van der Waals surface area contributed by atoms with Crippen molar-refractivity contribution in [2.24, 2.45) is 0 Å². The molecule has 0 saturated heterocycles. The minimum absolute atomic E-state index is 0.127. The third kappa shape index (κ3) is 9.42. The molecule has 24 heavy (non-hydrogen) atoms. The van der Waals surface area contributed by atoms with Gasteiger partial charge >= 0.3 is 5.97 Å². The molecule has 0 saturated carbocycles. The molecule has 0 aliphatic heterocycles. The van der Waals surface area contributed by atoms with Crippen molar-refractivity contribution in [2.75, 3.05) is 60.0 Å². The summed E-state index contributed by atoms with van der Waals surface area (Å²) in [5.74, 6) is -0.532. The molecule has 1 aromatic rings. The van der Waals surface area contributed by atoms with Crippen LogP contribution >= 0.6 is 23.2 Å². The van der Waals surface area contributed by atoms with Crippen LogP contribution in [0.15, 0.2) is 18.2 Å². The van der Waals surface area contributed by atoms with Gasteiger partial charge in [0.1, 0.15) is 6.61 Å². The maximum Gasteiger partial charge on any atom is 0.339 e. The smallest absolute Gasteiger partial charge is 0.339 e. The number of carbonyl (C=O) groups is 1. The van der Waals surface area contributed by atoms with Crippen LogP contribution in [0.3, 0.4) is 0 Å². The van der Waals surface area contributed by atoms with E-state index < -0.39 is 5.97 Å². The van der Waals surface area contributed by atoms with E-state index in [2.05, 4.69) is 0 Å². The summed E-state index contributed by atoms with van der Waals surface area (Å²) in [5.41, 5.74) is 0.237. The summed E-state index contributed by atoms with van der Waals surface area (Å²) in [7, 11) is 1.62. The number of rotatable bonds is 13. The van der Waals surface area contributed by atoms with Crippen LogP contribution in [-0.4, -0.2) is 65.9 Å². The molecule has 0 N–H and O–H groups in total. The zero-order valence-electron chi connectivity index (χ0n) is 13.6. The van der Waals surface area contributed by atoms with E-state index in [0.29, 0.717) is 49.7 Å². The standard InChI is InChI=1S/C16H22Cl2O6/c1-20-4-5-21-6-7-22-8-9-23-10-11-24-16(19)14-12-13(17)2-3-15(14)18/h2-3,12H,4-11H2,1H3. The average Bonchev–Trinajstić information content (AvgIpc) is 2.57. The van der Waals surface area contributed by atoms with E-state index in [-0.39, 0.29) is 18.8 Å². The lowest BCUT2D eigenvalue weighted by molar-refractivity contribution is -0.00551. The number of hydrogen-bond donors (Lipinski definition) is 0. The second-order valence-electron chi connectivity index (χ2n) is 4.59. The molecule has 0 spiro atoms. The van der Waals surface area contributed by atoms with E-state index in [0.717, 1.165) is 0 Å². The van der Waals surface area contributed by atoms with Crippen molar-refractivity contribution in [3.63, 3.8) is 0 Å². The second-order valence-corrected chi connectivity index (χ2v) is 5.43. The van der Waals surface area contributed by atoms with Crippen LogP contribution in [0.2, 0.25) is 10.0 Å². The molecule has 0 aromatic heterocycles. The number of halogens is 2. The number of esters is 1. The summed E-state index contributed by atoms with van der Waals surface area (Å²) >= 11 is 11.7. The Balaban J connectivity index is 1.98. The second kappa shape index (κ2) is 13.4. The van der Waals surface area contributed by atoms with E-state index in [1.807, 2.05) is 0 Å². The van der Waals surface area contributed by atoms with E-state index in [1.165, 1.54) is 6.07 Å². The lowest BCUT2D eigenvalue weighted by Gasteiger charge is -2.08. The van der Waals surface area contributed by atoms with Crippen LogP contribution < -0.4 is 0 Å². The van der Waals surface area contributed by atoms with Crippen LogP contribution in [0.4, 0.5) is 0 Å². The van der Waals surface area contributed by atoms with Gasteiger partial charge in [-0.2, -0.15) is 0 Å². The molecule has 0 bridgehead atoms. The van der Waals surface area contributed by atoms with Crippen LogP contribution in [-0.2, 0) is 23.7 Å². The molecular formula is C16H22Cl2O6. The van der Waals surface area contributed by atoms with Crippen molar-refractivity contribution in [1.82, 2.24) is 0 Å². The van der Waals surface area contributed by atoms with Crippen molar-refractivity contribution in [3.8, 4) is 0 Å². The number of benzene rings is 1. The Hall–Kier alpha value is -0.890. The van der Waals surface area contributed by atoms with E-state index >= 15 is 0 Å². The largest absolute Gasteiger partial charge is 0.460 e. The monoisotopic (exact) mass is 380 g/mol. The Kier molecular flexibility index (Phi) is 11.8. The highest BCUT2D eigenvalue weighted by Crippen LogP contribution is 2.21. The fourth-order valence-corrected chi connectivity index (χ4v) is 1.98. The van der Waals surface area contributed by atoms with Crippen LogP contribution in [0.5, 0.6) is 0 Å². The van der Waals surface area contributed by atoms with Gasteiger partial charge in [0.15, 0.2) is 0 Å². The van der Waals surface area contributed by atoms with Gasteiger partial charge in [-0.25, -0.2) is 4.79 Å². The van der Waals surface area contributed by atoms with Gasteiger partial charge in [0, 0.05) is 12.1 Å². The highest BCUT2D eigenvalue weighted by Gasteiger charge is 2.12. The molecule has 0 amide bonds. The number of hydrogen-bond acceptors (Lipinski definition) is 6. The summed E-state index contributed by atoms with van der Waals surface area (Å²) in [4.78, 5) is 11.8. The summed E-state index contributed by atoms with van der Waals surface area (Å²) in [6.07, 6.45) is 0. The first-order valence-corrected chi connectivity index (χ1v) is 8.25. The predicted molar refractivity (Wildman–Crippen MR) is 91.1 cm³/mol. The Morgan fingerprint density at radius 3 is 2.00 bits per heavy atom. The summed E-state index contributed by atoms with van der Waals surface area (Å²) < 4.78 is 25.8. The summed E-state index contributed by atoms with van der Waals surface area (Å²) in [5, 5.41) is 0.720. The Bertz CT molecular complexity index is 484. The van der Waals surface area contributed by atoms with E-state index in [1.54, 1.807) is 19.2 Å². The molecule has 0 aliphatic carbocycles. The van der Waals surface area contributed by atoms with Crippen LogP contribution in [0, 0.1) is 0 Å². The maximum absolute atomic E-state index is 11.8. The summed E-state index contributed by atoms with van der Waals surface area (Å²) in [6, 6.07) is 4.62. The third-order valence-electron chi connectivity index (χ3n) is 2.78. The quantitative estimate of drug-likeness (QED) is 0.387. The SMILES string of the molecule is COCCOCCOCCOCCOC(=O)c1cc(Cl)ccc1Cl. The minimum atomic E-state index is -0.532. The minimum Gasteiger partial charge on any atom is -0.460 e. The lowest BCUT2D eigenvalue weighted by atomic mass is 10.2. The van der Waals surface area contributed by atoms with Gasteiger partial charge in [0.25, 0.3) is 0 Å². The van der Waals surface area contributed by atoms with E-state index in [4.69, 9.17) is 46.9 Å². The van der Waals surface area contributed by atoms with E-state index in [9.17, 15) is 4.79 Å². The molecule has 0 aliphatic rings. The average molecular weight is 381 g/mol. The molecule has 0 fully saturated rings. The van der Waals surface area contributed by atoms with Gasteiger partial charge in [0.2, 0.25) is 0 Å². The molecule has 6 nitrogen and oxygen atoms in total. The Morgan fingerprint density at radius 2 is 1.42 bits per heavy atom. The molecule has 1 aromatic carbocycles. The zero-order chi connectivity index (χ0) is 17.6. The van der Waals surface area contributed by atoms with Crippen molar-refractivity contribution < 1.29 is 28.5 Å². The molecule has 1 rings (SSSR count). The first kappa shape index (κ1) is 21.2. The van der Waals surface area contributed by atoms with Gasteiger partial charge in [0.05, 0.1) is 56.8 Å². The fraction of sp³-hybridized carbons (Fsp3) is 0.562. The maximum atomic E-state index is 11.8. The Labute approximate surface area is 151 Å². The first-order chi connectivity index (χ1) is 11.6. The highest BCUT2D eigenvalue weighted by molar-refractivity contribution is 6.35. The van der Waals surface area contributed by atoms with Gasteiger partial charge in [-0.1, -0.05) is 23.2 Å². The van der Waals surface area contributed by atoms with Gasteiger partial charge in [-0.05, 0) is 18.2 Å². The fourth-order valence-electron chi connectivity index (χ4n) is 1.61. The van der Waals surface area contributed by atoms with Crippen molar-refractivity contribution in [2.45, 2.75) is 0 Å². The van der Waals surface area contributed by atoms with Crippen molar-refractivity contribution >= 4 is 29.2 Å². The van der Waals surface area contributed by atoms with Gasteiger partial charge < -0.3 is 23.7 Å². The number of ether oxygens (including phenoxy) is 5. The van der Waals surface area contributed by atoms with Crippen molar-refractivity contribution in [3.05, 3.63) is 33.8 Å². The molecule has 8 heteroatoms. The van der Waals surface area contributed by atoms with Gasteiger partial charge in [-0.3, -0.25) is 0 Å². The Morgan fingerprint density at radius 1 is 0.875 bits per heavy atom. The molecule has 0 unspecified atom stereocenters. The predicted octanol–water partition coefficient (Wildman–Crippen LogP) is 2.85. The highest BCUT2D eigenvalue weighted by atomic mass is 35.5. The molecule has 0 radical (unpaired) electrons. The zero-order valence-corrected chi connectivity index (χ0v) is 15.1. The first-order valence-electron chi connectivity index (χ1n) is 7.49. The third-order valence-corrected chi connectivity index (χ3v) is 3.35. The lowest BCUT2D eigenvalue weighted by Crippen LogP contribution is -2.14. The van der Waals surface area contributed by atoms with Crippen molar-refractivity contribution in [1.29, 1.82) is 0 Å². The number of methoxy groups -OCH3 is 1. The number of carbonyl (C=O) groups excluding carboxylic acids is 1. The molecular weight excluding hydrogens is 359 g/mol. The normalized spacial score (nSPS) is 10.8. The molecule has 0 heterocycles. The molecule has 0 atom stereocenters. The summed E-state index contributed by atoms with van der Waals surface area (Å²) in [6.45, 7) is 3.39. The molecule has 136 valence electrons. The van der Waals surface area contributed by atoms with Crippen LogP contribution in [0.1, 0.15) is 10.4 Å². The van der Waals surface area contributed by atoms with Crippen LogP contribution in [0.25, 0.3) is 0 Å².